The maximum atomic E-state index is 8.86. The summed E-state index contributed by atoms with van der Waals surface area (Å²) in [5.41, 5.74) is 0. The van der Waals surface area contributed by atoms with Crippen molar-refractivity contribution in [2.24, 2.45) is 0 Å². The van der Waals surface area contributed by atoms with Crippen molar-refractivity contribution < 1.29 is 10.2 Å². The van der Waals surface area contributed by atoms with Crippen molar-refractivity contribution in [3.05, 3.63) is 0 Å². The minimum Gasteiger partial charge on any atom is -0.396 e. The summed E-state index contributed by atoms with van der Waals surface area (Å²) >= 11 is 0. The number of unbranched alkanes of at least 4 members (excludes halogenated alkanes) is 20. The van der Waals surface area contributed by atoms with Gasteiger partial charge in [-0.05, 0) is 64.7 Å². The fraction of sp³-hybridized carbons (Fsp3) is 1.00. The average Bonchev–Trinajstić information content (AvgIpc) is 2.93. The van der Waals surface area contributed by atoms with Crippen molar-refractivity contribution in [2.75, 3.05) is 52.5 Å². The Morgan fingerprint density at radius 3 is 0.789 bits per heavy atom. The Balaban J connectivity index is 3.99. The third kappa shape index (κ3) is 28.8. The molecule has 0 saturated carbocycles. The van der Waals surface area contributed by atoms with E-state index in [1.807, 2.05) is 0 Å². The summed E-state index contributed by atoms with van der Waals surface area (Å²) in [6, 6.07) is 0. The molecule has 38 heavy (non-hydrogen) atoms. The molecule has 2 N–H and O–H groups in total. The largest absolute Gasteiger partial charge is 0.396 e. The van der Waals surface area contributed by atoms with Crippen molar-refractivity contribution in [1.29, 1.82) is 0 Å². The average molecular weight is 541 g/mol. The highest BCUT2D eigenvalue weighted by molar-refractivity contribution is 4.65. The van der Waals surface area contributed by atoms with Crippen LogP contribution in [0.25, 0.3) is 0 Å². The molecule has 0 bridgehead atoms. The summed E-state index contributed by atoms with van der Waals surface area (Å²) in [6.45, 7) is 13.0. The molecule has 0 atom stereocenters. The van der Waals surface area contributed by atoms with E-state index in [2.05, 4.69) is 23.6 Å². The van der Waals surface area contributed by atoms with Gasteiger partial charge in [-0.15, -0.1) is 0 Å². The molecule has 0 aliphatic carbocycles. The monoisotopic (exact) mass is 541 g/mol. The summed E-state index contributed by atoms with van der Waals surface area (Å²) in [7, 11) is 0. The fourth-order valence-corrected chi connectivity index (χ4v) is 5.44. The van der Waals surface area contributed by atoms with Crippen LogP contribution in [0.3, 0.4) is 0 Å². The summed E-state index contributed by atoms with van der Waals surface area (Å²) in [6.07, 6.45) is 31.7. The zero-order chi connectivity index (χ0) is 27.8. The number of aliphatic hydroxyl groups excluding tert-OH is 2. The Kier molecular flexibility index (Phi) is 32.9. The molecule has 0 aliphatic rings. The van der Waals surface area contributed by atoms with Crippen LogP contribution in [-0.4, -0.2) is 72.5 Å². The number of aliphatic hydroxyl groups is 2. The van der Waals surface area contributed by atoms with Gasteiger partial charge in [0.1, 0.15) is 0 Å². The first-order valence-corrected chi connectivity index (χ1v) is 17.4. The van der Waals surface area contributed by atoms with Crippen molar-refractivity contribution in [3.63, 3.8) is 0 Å². The second kappa shape index (κ2) is 33.0. The number of rotatable bonds is 33. The van der Waals surface area contributed by atoms with E-state index in [1.165, 1.54) is 181 Å². The quantitative estimate of drug-likeness (QED) is 0.0815. The van der Waals surface area contributed by atoms with Gasteiger partial charge in [0.2, 0.25) is 0 Å². The van der Waals surface area contributed by atoms with Crippen molar-refractivity contribution >= 4 is 0 Å². The van der Waals surface area contributed by atoms with Gasteiger partial charge < -0.3 is 20.0 Å². The molecular weight excluding hydrogens is 468 g/mol. The molecule has 0 rings (SSSR count). The Morgan fingerprint density at radius 2 is 0.526 bits per heavy atom. The van der Waals surface area contributed by atoms with Gasteiger partial charge in [0.05, 0.1) is 0 Å². The first kappa shape index (κ1) is 37.8. The number of nitrogens with zero attached hydrogens (tertiary/aromatic N) is 2. The van der Waals surface area contributed by atoms with Crippen molar-refractivity contribution in [3.8, 4) is 0 Å². The minimum atomic E-state index is 0.362. The van der Waals surface area contributed by atoms with Crippen molar-refractivity contribution in [2.45, 2.75) is 168 Å². The molecule has 0 radical (unpaired) electrons. The van der Waals surface area contributed by atoms with E-state index in [0.29, 0.717) is 13.2 Å². The van der Waals surface area contributed by atoms with Crippen LogP contribution < -0.4 is 0 Å². The first-order chi connectivity index (χ1) is 18.8. The molecule has 0 saturated heterocycles. The number of hydrogen-bond donors (Lipinski definition) is 2. The smallest absolute Gasteiger partial charge is 0.0431 e. The predicted octanol–water partition coefficient (Wildman–Crippen LogP) is 8.98. The van der Waals surface area contributed by atoms with E-state index in [4.69, 9.17) is 10.2 Å². The minimum absolute atomic E-state index is 0.362. The second-order valence-electron chi connectivity index (χ2n) is 11.9. The third-order valence-corrected chi connectivity index (χ3v) is 8.15. The van der Waals surface area contributed by atoms with Crippen LogP contribution >= 0.6 is 0 Å². The van der Waals surface area contributed by atoms with Gasteiger partial charge in [-0.3, -0.25) is 0 Å². The summed E-state index contributed by atoms with van der Waals surface area (Å²) < 4.78 is 0. The summed E-state index contributed by atoms with van der Waals surface area (Å²) in [5.74, 6) is 0. The zero-order valence-electron chi connectivity index (χ0n) is 26.4. The van der Waals surface area contributed by atoms with E-state index < -0.39 is 0 Å². The van der Waals surface area contributed by atoms with Crippen LogP contribution in [0.5, 0.6) is 0 Å². The Hall–Kier alpha value is -0.160. The second-order valence-corrected chi connectivity index (χ2v) is 11.9. The molecule has 0 spiro atoms. The molecule has 0 aromatic carbocycles. The van der Waals surface area contributed by atoms with Crippen LogP contribution in [0.4, 0.5) is 0 Å². The standard InChI is InChI=1S/C34H72N2O2/c1-3-5-27-35(29-23-19-15-11-7-9-13-17-21-25-33-37)31-32-36(28-6-4-2)30-24-20-16-12-8-10-14-18-22-26-34-38/h37-38H,3-34H2,1-2H3. The van der Waals surface area contributed by atoms with E-state index in [-0.39, 0.29) is 0 Å². The summed E-state index contributed by atoms with van der Waals surface area (Å²) in [4.78, 5) is 5.54. The van der Waals surface area contributed by atoms with Gasteiger partial charge in [-0.1, -0.05) is 129 Å². The third-order valence-electron chi connectivity index (χ3n) is 8.15. The lowest BCUT2D eigenvalue weighted by molar-refractivity contribution is 0.194. The van der Waals surface area contributed by atoms with Gasteiger partial charge in [-0.25, -0.2) is 0 Å². The lowest BCUT2D eigenvalue weighted by Crippen LogP contribution is -2.37. The Bertz CT molecular complexity index is 383. The van der Waals surface area contributed by atoms with Crippen LogP contribution in [0.15, 0.2) is 0 Å². The highest BCUT2D eigenvalue weighted by atomic mass is 16.3. The molecule has 0 aromatic rings. The maximum Gasteiger partial charge on any atom is 0.0431 e. The van der Waals surface area contributed by atoms with Gasteiger partial charge in [0, 0.05) is 26.3 Å². The molecule has 0 aromatic heterocycles. The van der Waals surface area contributed by atoms with Gasteiger partial charge in [0.25, 0.3) is 0 Å². The van der Waals surface area contributed by atoms with E-state index in [0.717, 1.165) is 12.8 Å². The molecule has 0 fully saturated rings. The Labute approximate surface area is 240 Å². The lowest BCUT2D eigenvalue weighted by Gasteiger charge is -2.28. The van der Waals surface area contributed by atoms with Crippen LogP contribution in [0.2, 0.25) is 0 Å². The van der Waals surface area contributed by atoms with Crippen LogP contribution in [0, 0.1) is 0 Å². The highest BCUT2D eigenvalue weighted by Gasteiger charge is 2.09. The van der Waals surface area contributed by atoms with Gasteiger partial charge in [0.15, 0.2) is 0 Å². The first-order valence-electron chi connectivity index (χ1n) is 17.4. The molecule has 0 heterocycles. The van der Waals surface area contributed by atoms with Crippen molar-refractivity contribution in [1.82, 2.24) is 9.80 Å². The number of hydrogen-bond acceptors (Lipinski definition) is 4. The SMILES string of the molecule is CCCCN(CCCCCCCCCCCCO)CCN(CCCC)CCCCCCCCCCCCO. The summed E-state index contributed by atoms with van der Waals surface area (Å²) in [5, 5.41) is 17.7. The molecule has 0 amide bonds. The molecular formula is C34H72N2O2. The normalized spacial score (nSPS) is 11.8. The highest BCUT2D eigenvalue weighted by Crippen LogP contribution is 2.13. The van der Waals surface area contributed by atoms with Crippen LogP contribution in [-0.2, 0) is 0 Å². The molecule has 4 heteroatoms. The molecule has 0 unspecified atom stereocenters. The molecule has 230 valence electrons. The fourth-order valence-electron chi connectivity index (χ4n) is 5.44. The predicted molar refractivity (Wildman–Crippen MR) is 169 cm³/mol. The van der Waals surface area contributed by atoms with Crippen LogP contribution in [0.1, 0.15) is 168 Å². The van der Waals surface area contributed by atoms with E-state index >= 15 is 0 Å². The Morgan fingerprint density at radius 1 is 0.289 bits per heavy atom. The molecule has 0 aliphatic heterocycles. The molecule has 4 nitrogen and oxygen atoms in total. The van der Waals surface area contributed by atoms with Gasteiger partial charge >= 0.3 is 0 Å². The zero-order valence-corrected chi connectivity index (χ0v) is 26.4. The van der Waals surface area contributed by atoms with E-state index in [9.17, 15) is 0 Å². The topological polar surface area (TPSA) is 46.9 Å². The maximum absolute atomic E-state index is 8.86. The van der Waals surface area contributed by atoms with Gasteiger partial charge in [-0.2, -0.15) is 0 Å². The van der Waals surface area contributed by atoms with E-state index in [1.54, 1.807) is 0 Å². The lowest BCUT2D eigenvalue weighted by atomic mass is 10.1.